The quantitative estimate of drug-likeness (QED) is 0.638. The zero-order chi connectivity index (χ0) is 12.2. The lowest BCUT2D eigenvalue weighted by Crippen LogP contribution is -2.07. The monoisotopic (exact) mass is 312 g/mol. The van der Waals surface area contributed by atoms with Crippen LogP contribution in [0.5, 0.6) is 0 Å². The number of hydrogen-bond acceptors (Lipinski definition) is 0. The molecule has 0 aliphatic heterocycles. The van der Waals surface area contributed by atoms with E-state index in [0.29, 0.717) is 4.83 Å². The van der Waals surface area contributed by atoms with Gasteiger partial charge in [-0.05, 0) is 73.6 Å². The van der Waals surface area contributed by atoms with Gasteiger partial charge in [0, 0.05) is 9.85 Å². The summed E-state index contributed by atoms with van der Waals surface area (Å²) < 4.78 is 0. The van der Waals surface area contributed by atoms with Crippen molar-refractivity contribution in [2.75, 3.05) is 0 Å². The van der Waals surface area contributed by atoms with Crippen LogP contribution in [0.4, 0.5) is 0 Å². The molecule has 2 saturated carbocycles. The maximum atomic E-state index is 6.17. The molecule has 1 aromatic rings. The molecule has 0 N–H and O–H groups in total. The summed E-state index contributed by atoms with van der Waals surface area (Å²) >= 11 is 10.1. The third kappa shape index (κ3) is 2.17. The number of hydrogen-bond donors (Lipinski definition) is 0. The van der Waals surface area contributed by atoms with Crippen molar-refractivity contribution in [2.24, 2.45) is 17.8 Å². The van der Waals surface area contributed by atoms with Gasteiger partial charge in [-0.1, -0.05) is 33.6 Å². The minimum Gasteiger partial charge on any atom is -0.0840 e. The summed E-state index contributed by atoms with van der Waals surface area (Å²) in [6, 6.07) is 4.37. The van der Waals surface area contributed by atoms with E-state index in [1.165, 1.54) is 36.0 Å². The normalized spacial score (nSPS) is 32.4. The molecule has 3 atom stereocenters. The average Bonchev–Trinajstić information content (AvgIpc) is 2.90. The summed E-state index contributed by atoms with van der Waals surface area (Å²) in [6.45, 7) is 4.27. The summed E-state index contributed by atoms with van der Waals surface area (Å²) in [4.78, 5) is 0.520. The summed E-state index contributed by atoms with van der Waals surface area (Å²) in [7, 11) is 0. The first-order valence-electron chi connectivity index (χ1n) is 6.47. The Labute approximate surface area is 117 Å². The second kappa shape index (κ2) is 4.28. The molecule has 0 saturated heterocycles. The van der Waals surface area contributed by atoms with Crippen molar-refractivity contribution in [3.8, 4) is 0 Å². The largest absolute Gasteiger partial charge is 0.0840 e. The van der Waals surface area contributed by atoms with Crippen molar-refractivity contribution < 1.29 is 0 Å². The van der Waals surface area contributed by atoms with E-state index < -0.39 is 0 Å². The zero-order valence-corrected chi connectivity index (χ0v) is 12.7. The lowest BCUT2D eigenvalue weighted by molar-refractivity contribution is 0.481. The van der Waals surface area contributed by atoms with Crippen molar-refractivity contribution in [2.45, 2.75) is 37.9 Å². The Bertz CT molecular complexity index is 444. The van der Waals surface area contributed by atoms with E-state index >= 15 is 0 Å². The van der Waals surface area contributed by atoms with E-state index in [4.69, 9.17) is 11.6 Å². The van der Waals surface area contributed by atoms with Crippen LogP contribution in [-0.4, -0.2) is 0 Å². The molecular weight excluding hydrogens is 296 g/mol. The summed E-state index contributed by atoms with van der Waals surface area (Å²) in [5.41, 5.74) is 3.96. The molecule has 3 unspecified atom stereocenters. The first-order chi connectivity index (χ1) is 8.06. The molecule has 0 amide bonds. The number of alkyl halides is 1. The molecule has 0 bridgehead atoms. The van der Waals surface area contributed by atoms with Gasteiger partial charge in [-0.3, -0.25) is 0 Å². The number of benzene rings is 1. The fourth-order valence-electron chi connectivity index (χ4n) is 3.35. The fourth-order valence-corrected chi connectivity index (χ4v) is 4.50. The van der Waals surface area contributed by atoms with E-state index in [2.05, 4.69) is 41.9 Å². The Balaban J connectivity index is 1.85. The minimum atomic E-state index is 0.520. The molecule has 0 heterocycles. The maximum absolute atomic E-state index is 6.17. The van der Waals surface area contributed by atoms with Gasteiger partial charge >= 0.3 is 0 Å². The van der Waals surface area contributed by atoms with Crippen LogP contribution in [0.1, 0.15) is 40.8 Å². The van der Waals surface area contributed by atoms with Crippen molar-refractivity contribution in [3.05, 3.63) is 33.8 Å². The highest BCUT2D eigenvalue weighted by molar-refractivity contribution is 9.09. The average molecular weight is 314 g/mol. The van der Waals surface area contributed by atoms with Crippen LogP contribution >= 0.6 is 27.5 Å². The van der Waals surface area contributed by atoms with Crippen molar-refractivity contribution >= 4 is 27.5 Å². The highest BCUT2D eigenvalue weighted by Crippen LogP contribution is 2.58. The first kappa shape index (κ1) is 12.0. The third-order valence-corrected chi connectivity index (χ3v) is 6.19. The summed E-state index contributed by atoms with van der Waals surface area (Å²) in [5, 5.41) is 0.889. The molecule has 92 valence electrons. The van der Waals surface area contributed by atoms with Crippen LogP contribution in [0, 0.1) is 31.6 Å². The van der Waals surface area contributed by atoms with Gasteiger partial charge in [0.05, 0.1) is 0 Å². The highest BCUT2D eigenvalue weighted by atomic mass is 79.9. The van der Waals surface area contributed by atoms with Crippen LogP contribution < -0.4 is 0 Å². The van der Waals surface area contributed by atoms with E-state index in [1.54, 1.807) is 0 Å². The maximum Gasteiger partial charge on any atom is 0.0438 e. The van der Waals surface area contributed by atoms with Crippen LogP contribution in [-0.2, 0) is 0 Å². The van der Waals surface area contributed by atoms with Gasteiger partial charge in [-0.15, -0.1) is 0 Å². The van der Waals surface area contributed by atoms with E-state index in [1.807, 2.05) is 0 Å². The number of halogens is 2. The smallest absolute Gasteiger partial charge is 0.0438 e. The minimum absolute atomic E-state index is 0.520. The van der Waals surface area contributed by atoms with Crippen LogP contribution in [0.3, 0.4) is 0 Å². The molecule has 2 aliphatic rings. The van der Waals surface area contributed by atoms with Crippen LogP contribution in [0.25, 0.3) is 0 Å². The van der Waals surface area contributed by atoms with Gasteiger partial charge in [0.1, 0.15) is 0 Å². The Morgan fingerprint density at radius 2 is 1.76 bits per heavy atom. The third-order valence-electron chi connectivity index (χ3n) is 4.54. The highest BCUT2D eigenvalue weighted by Gasteiger charge is 2.47. The molecular formula is C15H18BrCl. The van der Waals surface area contributed by atoms with E-state index in [-0.39, 0.29) is 0 Å². The second-order valence-electron chi connectivity index (χ2n) is 5.85. The molecule has 0 aromatic heterocycles. The van der Waals surface area contributed by atoms with Crippen molar-refractivity contribution in [1.29, 1.82) is 0 Å². The predicted octanol–water partition coefficient (Wildman–Crippen LogP) is 5.44. The lowest BCUT2D eigenvalue weighted by Gasteiger charge is -2.22. The molecule has 3 rings (SSSR count). The topological polar surface area (TPSA) is 0 Å². The molecule has 0 spiro atoms. The molecule has 1 aromatic carbocycles. The summed E-state index contributed by atoms with van der Waals surface area (Å²) in [6.07, 6.45) is 4.33. The molecule has 17 heavy (non-hydrogen) atoms. The van der Waals surface area contributed by atoms with Crippen LogP contribution in [0.15, 0.2) is 12.1 Å². The summed E-state index contributed by atoms with van der Waals surface area (Å²) in [5.74, 6) is 2.93. The molecule has 2 aliphatic carbocycles. The molecule has 2 heteroatoms. The van der Waals surface area contributed by atoms with E-state index in [9.17, 15) is 0 Å². The standard InChI is InChI=1S/C15H18BrCl/c1-8-4-14(17)9(2)3-13(8)15(16)12-6-10-5-11(10)7-12/h3-4,10-12,15H,5-7H2,1-2H3. The van der Waals surface area contributed by atoms with Crippen molar-refractivity contribution in [3.63, 3.8) is 0 Å². The Morgan fingerprint density at radius 3 is 2.41 bits per heavy atom. The first-order valence-corrected chi connectivity index (χ1v) is 7.76. The molecule has 0 radical (unpaired) electrons. The number of aryl methyl sites for hydroxylation is 2. The predicted molar refractivity (Wildman–Crippen MR) is 76.9 cm³/mol. The van der Waals surface area contributed by atoms with Gasteiger partial charge in [0.15, 0.2) is 0 Å². The van der Waals surface area contributed by atoms with Gasteiger partial charge in [-0.25, -0.2) is 0 Å². The number of rotatable bonds is 2. The Hall–Kier alpha value is -0.0100. The molecule has 0 nitrogen and oxygen atoms in total. The Kier molecular flexibility index (Phi) is 3.03. The second-order valence-corrected chi connectivity index (χ2v) is 7.24. The SMILES string of the molecule is Cc1cc(C(Br)C2CC3CC3C2)c(C)cc1Cl. The van der Waals surface area contributed by atoms with Crippen LogP contribution in [0.2, 0.25) is 5.02 Å². The van der Waals surface area contributed by atoms with Gasteiger partial charge in [0.2, 0.25) is 0 Å². The fraction of sp³-hybridized carbons (Fsp3) is 0.600. The zero-order valence-electron chi connectivity index (χ0n) is 10.3. The van der Waals surface area contributed by atoms with E-state index in [0.717, 1.165) is 22.8 Å². The van der Waals surface area contributed by atoms with Gasteiger partial charge < -0.3 is 0 Å². The lowest BCUT2D eigenvalue weighted by atomic mass is 9.91. The van der Waals surface area contributed by atoms with Gasteiger partial charge in [0.25, 0.3) is 0 Å². The van der Waals surface area contributed by atoms with Gasteiger partial charge in [-0.2, -0.15) is 0 Å². The number of fused-ring (bicyclic) bond motifs is 1. The molecule has 2 fully saturated rings. The Morgan fingerprint density at radius 1 is 1.12 bits per heavy atom. The van der Waals surface area contributed by atoms with Crippen molar-refractivity contribution in [1.82, 2.24) is 0 Å².